The first-order valence-corrected chi connectivity index (χ1v) is 15.6. The molecule has 43 heavy (non-hydrogen) atoms. The average Bonchev–Trinajstić information content (AvgIpc) is 2.96. The van der Waals surface area contributed by atoms with Crippen molar-refractivity contribution >= 4 is 62.3 Å². The van der Waals surface area contributed by atoms with E-state index in [1.54, 1.807) is 19.1 Å². The summed E-state index contributed by atoms with van der Waals surface area (Å²) >= 11 is 18.4. The highest BCUT2D eigenvalue weighted by Crippen LogP contribution is 2.37. The third kappa shape index (κ3) is 8.56. The monoisotopic (exact) mass is 677 g/mol. The fourth-order valence-corrected chi connectivity index (χ4v) is 6.03. The number of hydrogen-bond donors (Lipinski definition) is 1. The Morgan fingerprint density at radius 1 is 0.907 bits per heavy atom. The molecule has 2 amide bonds. The lowest BCUT2D eigenvalue weighted by molar-refractivity contribution is -0.139. The van der Waals surface area contributed by atoms with Gasteiger partial charge in [-0.2, -0.15) is 13.2 Å². The quantitative estimate of drug-likeness (QED) is 0.233. The number of nitrogens with zero attached hydrogens (tertiary/aromatic N) is 2. The molecule has 0 aliphatic rings. The minimum absolute atomic E-state index is 0.187. The summed E-state index contributed by atoms with van der Waals surface area (Å²) in [7, 11) is -4.63. The van der Waals surface area contributed by atoms with Crippen LogP contribution in [-0.4, -0.2) is 43.8 Å². The Kier molecular flexibility index (Phi) is 11.4. The number of rotatable bonds is 11. The number of carbonyl (C=O) groups excluding carboxylic acids is 2. The number of alkyl halides is 3. The van der Waals surface area contributed by atoms with Gasteiger partial charge in [0.05, 0.1) is 31.2 Å². The molecule has 1 N–H and O–H groups in total. The lowest BCUT2D eigenvalue weighted by Crippen LogP contribution is -2.52. The summed E-state index contributed by atoms with van der Waals surface area (Å²) in [4.78, 5) is 27.9. The van der Waals surface area contributed by atoms with Crippen LogP contribution >= 0.6 is 34.8 Å². The predicted octanol–water partition coefficient (Wildman–Crippen LogP) is 7.19. The van der Waals surface area contributed by atoms with Crippen molar-refractivity contribution in [1.29, 1.82) is 0 Å². The Morgan fingerprint density at radius 3 is 2.12 bits per heavy atom. The lowest BCUT2D eigenvalue weighted by atomic mass is 10.1. The molecule has 0 heterocycles. The maximum Gasteiger partial charge on any atom is 0.416 e. The molecule has 0 aliphatic carbocycles. The number of benzene rings is 3. The molecule has 14 heteroatoms. The van der Waals surface area contributed by atoms with Crippen molar-refractivity contribution in [2.24, 2.45) is 0 Å². The minimum atomic E-state index is -4.83. The zero-order valence-corrected chi connectivity index (χ0v) is 26.4. The Labute approximate surface area is 263 Å². The van der Waals surface area contributed by atoms with E-state index in [0.29, 0.717) is 28.4 Å². The lowest BCUT2D eigenvalue weighted by Gasteiger charge is -2.33. The van der Waals surface area contributed by atoms with Crippen LogP contribution in [0.3, 0.4) is 0 Å². The molecule has 7 nitrogen and oxygen atoms in total. The molecule has 0 spiro atoms. The van der Waals surface area contributed by atoms with E-state index in [0.717, 1.165) is 11.0 Å². The molecule has 232 valence electrons. The molecule has 3 rings (SSSR count). The van der Waals surface area contributed by atoms with Gasteiger partial charge >= 0.3 is 6.18 Å². The molecule has 0 aliphatic heterocycles. The standard InChI is InChI=1S/C29H29Cl3F3N3O4S/c1-4-18(2)36-28(40)19(3)37(16-20-10-12-23(30)25(32)14-20)27(39)17-38(43(41,42)22-8-6-5-7-9-22)26-15-21(29(33,34)35)11-13-24(26)31/h5-15,18-19H,4,16-17H2,1-3H3,(H,36,40)/t18-,19-/m1/s1. The topological polar surface area (TPSA) is 86.8 Å². The van der Waals surface area contributed by atoms with Crippen LogP contribution in [0.25, 0.3) is 0 Å². The van der Waals surface area contributed by atoms with E-state index in [2.05, 4.69) is 5.32 Å². The number of anilines is 1. The van der Waals surface area contributed by atoms with Crippen molar-refractivity contribution in [3.63, 3.8) is 0 Å². The van der Waals surface area contributed by atoms with Crippen LogP contribution in [-0.2, 0) is 32.3 Å². The normalized spacial score (nSPS) is 13.2. The predicted molar refractivity (Wildman–Crippen MR) is 162 cm³/mol. The molecule has 0 bridgehead atoms. The zero-order valence-electron chi connectivity index (χ0n) is 23.3. The molecule has 2 atom stereocenters. The van der Waals surface area contributed by atoms with Gasteiger partial charge < -0.3 is 10.2 Å². The van der Waals surface area contributed by atoms with Gasteiger partial charge in [-0.15, -0.1) is 0 Å². The first kappa shape index (κ1) is 34.5. The molecule has 0 saturated heterocycles. The van der Waals surface area contributed by atoms with Crippen LogP contribution in [0.5, 0.6) is 0 Å². The number of amides is 2. The molecule has 0 fully saturated rings. The fourth-order valence-electron chi connectivity index (χ4n) is 4.00. The van der Waals surface area contributed by atoms with Gasteiger partial charge in [-0.05, 0) is 68.3 Å². The van der Waals surface area contributed by atoms with E-state index in [-0.39, 0.29) is 32.5 Å². The fraction of sp³-hybridized carbons (Fsp3) is 0.310. The first-order chi connectivity index (χ1) is 20.1. The SMILES string of the molecule is CC[C@@H](C)NC(=O)[C@@H](C)N(Cc1ccc(Cl)c(Cl)c1)C(=O)CN(c1cc(C(F)(F)F)ccc1Cl)S(=O)(=O)c1ccccc1. The van der Waals surface area contributed by atoms with Crippen molar-refractivity contribution < 1.29 is 31.2 Å². The van der Waals surface area contributed by atoms with E-state index in [9.17, 15) is 31.2 Å². The molecular formula is C29H29Cl3F3N3O4S. The highest BCUT2D eigenvalue weighted by molar-refractivity contribution is 7.92. The number of nitrogens with one attached hydrogen (secondary N) is 1. The summed E-state index contributed by atoms with van der Waals surface area (Å²) in [6.07, 6.45) is -4.22. The van der Waals surface area contributed by atoms with Crippen LogP contribution < -0.4 is 9.62 Å². The summed E-state index contributed by atoms with van der Waals surface area (Å²) in [5.41, 5.74) is -1.25. The van der Waals surface area contributed by atoms with Crippen molar-refractivity contribution in [2.75, 3.05) is 10.8 Å². The smallest absolute Gasteiger partial charge is 0.352 e. The molecular weight excluding hydrogens is 650 g/mol. The number of carbonyl (C=O) groups is 2. The maximum atomic E-state index is 14.0. The Morgan fingerprint density at radius 2 is 1.53 bits per heavy atom. The zero-order chi connectivity index (χ0) is 32.1. The third-order valence-corrected chi connectivity index (χ3v) is 9.49. The largest absolute Gasteiger partial charge is 0.416 e. The molecule has 0 unspecified atom stereocenters. The molecule has 0 radical (unpaired) electrons. The van der Waals surface area contributed by atoms with E-state index in [4.69, 9.17) is 34.8 Å². The Balaban J connectivity index is 2.13. The Bertz CT molecular complexity index is 1570. The first-order valence-electron chi connectivity index (χ1n) is 13.0. The van der Waals surface area contributed by atoms with Gasteiger partial charge in [0.25, 0.3) is 10.0 Å². The highest BCUT2D eigenvalue weighted by Gasteiger charge is 2.36. The summed E-state index contributed by atoms with van der Waals surface area (Å²) in [5.74, 6) is -1.40. The second-order valence-corrected chi connectivity index (χ2v) is 12.8. The van der Waals surface area contributed by atoms with Gasteiger partial charge in [-0.3, -0.25) is 13.9 Å². The molecule has 0 saturated carbocycles. The van der Waals surface area contributed by atoms with E-state index >= 15 is 0 Å². The van der Waals surface area contributed by atoms with Gasteiger partial charge in [-0.25, -0.2) is 8.42 Å². The second-order valence-electron chi connectivity index (χ2n) is 9.75. The Hall–Kier alpha value is -2.99. The van der Waals surface area contributed by atoms with Crippen molar-refractivity contribution in [2.45, 2.75) is 56.9 Å². The molecule has 0 aromatic heterocycles. The molecule has 3 aromatic rings. The van der Waals surface area contributed by atoms with Crippen LogP contribution in [0.4, 0.5) is 18.9 Å². The summed E-state index contributed by atoms with van der Waals surface area (Å²) < 4.78 is 69.2. The van der Waals surface area contributed by atoms with Gasteiger partial charge in [0, 0.05) is 12.6 Å². The van der Waals surface area contributed by atoms with Crippen LogP contribution in [0.1, 0.15) is 38.3 Å². The maximum absolute atomic E-state index is 14.0. The third-order valence-electron chi connectivity index (χ3n) is 6.66. The van der Waals surface area contributed by atoms with Crippen LogP contribution in [0, 0.1) is 0 Å². The minimum Gasteiger partial charge on any atom is -0.352 e. The highest BCUT2D eigenvalue weighted by atomic mass is 35.5. The van der Waals surface area contributed by atoms with E-state index < -0.39 is 51.9 Å². The average molecular weight is 679 g/mol. The summed E-state index contributed by atoms with van der Waals surface area (Å²) in [6, 6.07) is 12.3. The van der Waals surface area contributed by atoms with Gasteiger partial charge in [-0.1, -0.05) is 66.0 Å². The summed E-state index contributed by atoms with van der Waals surface area (Å²) in [6.45, 7) is 3.93. The summed E-state index contributed by atoms with van der Waals surface area (Å²) in [5, 5.41) is 2.90. The van der Waals surface area contributed by atoms with Gasteiger partial charge in [0.2, 0.25) is 11.8 Å². The van der Waals surface area contributed by atoms with Crippen LogP contribution in [0.15, 0.2) is 71.6 Å². The number of halogens is 6. The number of hydrogen-bond acceptors (Lipinski definition) is 4. The van der Waals surface area contributed by atoms with Crippen LogP contribution in [0.2, 0.25) is 15.1 Å². The molecule has 3 aromatic carbocycles. The van der Waals surface area contributed by atoms with Gasteiger partial charge in [0.1, 0.15) is 12.6 Å². The van der Waals surface area contributed by atoms with Gasteiger partial charge in [0.15, 0.2) is 0 Å². The second kappa shape index (κ2) is 14.2. The van der Waals surface area contributed by atoms with Crippen molar-refractivity contribution in [3.05, 3.63) is 92.9 Å². The van der Waals surface area contributed by atoms with E-state index in [1.807, 2.05) is 6.92 Å². The van der Waals surface area contributed by atoms with Crippen molar-refractivity contribution in [1.82, 2.24) is 10.2 Å². The van der Waals surface area contributed by atoms with E-state index in [1.165, 1.54) is 43.3 Å². The number of sulfonamides is 1. The van der Waals surface area contributed by atoms with Crippen molar-refractivity contribution in [3.8, 4) is 0 Å².